The second-order valence-corrected chi connectivity index (χ2v) is 21.5. The molecule has 2 N–H and O–H groups in total. The Morgan fingerprint density at radius 3 is 1.32 bits per heavy atom. The number of unbranched alkanes of at least 4 members (excludes halogenated alkanes) is 4. The number of aryl methyl sites for hydroxylation is 5. The van der Waals surface area contributed by atoms with Gasteiger partial charge in [0.1, 0.15) is 0 Å². The molecule has 0 spiro atoms. The van der Waals surface area contributed by atoms with E-state index < -0.39 is 0 Å². The molecule has 0 radical (unpaired) electrons. The van der Waals surface area contributed by atoms with Gasteiger partial charge in [-0.3, -0.25) is 9.59 Å². The van der Waals surface area contributed by atoms with Crippen LogP contribution in [-0.2, 0) is 35.3 Å². The Hall–Kier alpha value is -3.38. The molecule has 2 aliphatic rings. The van der Waals surface area contributed by atoms with Crippen LogP contribution in [0.15, 0.2) is 65.1 Å². The molecule has 2 amide bonds. The smallest absolute Gasteiger partial charge is 0.258 e. The van der Waals surface area contributed by atoms with Gasteiger partial charge in [0.05, 0.1) is 32.3 Å². The third-order valence-electron chi connectivity index (χ3n) is 10.8. The molecule has 2 aliphatic heterocycles. The second-order valence-electron chi connectivity index (χ2n) is 15.1. The molecular weight excluding hydrogens is 817 g/mol. The average molecular weight is 867 g/mol. The highest BCUT2D eigenvalue weighted by Crippen LogP contribution is 2.49. The van der Waals surface area contributed by atoms with Crippen molar-refractivity contribution in [1.82, 2.24) is 10.6 Å². The predicted molar refractivity (Wildman–Crippen MR) is 251 cm³/mol. The third-order valence-corrected chi connectivity index (χ3v) is 18.1. The van der Waals surface area contributed by atoms with Gasteiger partial charge in [0, 0.05) is 43.9 Å². The minimum Gasteiger partial charge on any atom is -0.320 e. The number of amides is 2. The first-order valence-corrected chi connectivity index (χ1v) is 25.5. The summed E-state index contributed by atoms with van der Waals surface area (Å²) in [6.07, 6.45) is 13.3. The van der Waals surface area contributed by atoms with E-state index in [1.165, 1.54) is 91.8 Å². The van der Waals surface area contributed by atoms with E-state index in [9.17, 15) is 9.59 Å². The molecule has 0 unspecified atom stereocenters. The molecule has 8 rings (SSSR count). The summed E-state index contributed by atoms with van der Waals surface area (Å²) in [4.78, 5) is 41.6. The lowest BCUT2D eigenvalue weighted by Gasteiger charge is -2.04. The first-order chi connectivity index (χ1) is 27.8. The first kappa shape index (κ1) is 40.4. The predicted octanol–water partition coefficient (Wildman–Crippen LogP) is 14.8. The fourth-order valence-electron chi connectivity index (χ4n) is 7.79. The van der Waals surface area contributed by atoms with Crippen LogP contribution in [0.5, 0.6) is 0 Å². The quantitative estimate of drug-likeness (QED) is 0.0904. The van der Waals surface area contributed by atoms with Crippen molar-refractivity contribution >= 4 is 91.2 Å². The van der Waals surface area contributed by atoms with Gasteiger partial charge in [0.25, 0.3) is 11.8 Å². The molecule has 296 valence electrons. The van der Waals surface area contributed by atoms with Crippen LogP contribution in [0.4, 0.5) is 0 Å². The second kappa shape index (κ2) is 17.9. The van der Waals surface area contributed by atoms with E-state index >= 15 is 0 Å². The maximum Gasteiger partial charge on any atom is 0.258 e. The SMILES string of the molecule is CCCCc1ccsc1-c1ccc(-c2sc(C3=C4C(=O)NC(c5cc(CCCC)c(-c6ccc(-c7sc(C)cc7CCCC)s6)s5)=C4C(=O)N3)cc2CCCC)s1. The van der Waals surface area contributed by atoms with Crippen LogP contribution in [0, 0.1) is 6.92 Å². The van der Waals surface area contributed by atoms with Gasteiger partial charge in [-0.2, -0.15) is 0 Å². The van der Waals surface area contributed by atoms with Gasteiger partial charge in [-0.05, 0) is 134 Å². The number of hydrogen-bond donors (Lipinski definition) is 2. The molecule has 57 heavy (non-hydrogen) atoms. The van der Waals surface area contributed by atoms with Crippen LogP contribution in [-0.4, -0.2) is 11.8 Å². The lowest BCUT2D eigenvalue weighted by molar-refractivity contribution is -0.117. The third kappa shape index (κ3) is 8.15. The zero-order valence-corrected chi connectivity index (χ0v) is 38.3. The summed E-state index contributed by atoms with van der Waals surface area (Å²) in [5.41, 5.74) is 7.72. The van der Waals surface area contributed by atoms with Crippen LogP contribution < -0.4 is 10.6 Å². The summed E-state index contributed by atoms with van der Waals surface area (Å²) in [7, 11) is 0. The monoisotopic (exact) mass is 866 g/mol. The van der Waals surface area contributed by atoms with Gasteiger partial charge in [-0.1, -0.05) is 53.4 Å². The molecule has 4 nitrogen and oxygen atoms in total. The summed E-state index contributed by atoms with van der Waals surface area (Å²) in [6, 6.07) is 18.2. The van der Waals surface area contributed by atoms with Crippen LogP contribution in [0.1, 0.15) is 116 Å². The minimum absolute atomic E-state index is 0.203. The first-order valence-electron chi connectivity index (χ1n) is 20.6. The maximum atomic E-state index is 14.0. The Morgan fingerprint density at radius 2 is 0.860 bits per heavy atom. The molecular formula is C47H50N2O2S6. The normalized spacial score (nSPS) is 14.1. The van der Waals surface area contributed by atoms with Gasteiger partial charge in [-0.25, -0.2) is 0 Å². The van der Waals surface area contributed by atoms with Gasteiger partial charge >= 0.3 is 0 Å². The van der Waals surface area contributed by atoms with Crippen molar-refractivity contribution < 1.29 is 9.59 Å². The molecule has 0 atom stereocenters. The fourth-order valence-corrected chi connectivity index (χ4v) is 14.9. The van der Waals surface area contributed by atoms with E-state index in [1.807, 2.05) is 45.3 Å². The Balaban J connectivity index is 1.15. The number of carbonyl (C=O) groups excluding carboxylic acids is 2. The van der Waals surface area contributed by atoms with Gasteiger partial charge < -0.3 is 10.6 Å². The minimum atomic E-state index is -0.203. The number of hydrogen-bond acceptors (Lipinski definition) is 8. The summed E-state index contributed by atoms with van der Waals surface area (Å²) in [5.74, 6) is -0.407. The van der Waals surface area contributed by atoms with Crippen LogP contribution in [0.2, 0.25) is 0 Å². The molecule has 0 saturated carbocycles. The van der Waals surface area contributed by atoms with Crippen molar-refractivity contribution in [1.29, 1.82) is 0 Å². The van der Waals surface area contributed by atoms with E-state index in [0.29, 0.717) is 22.5 Å². The van der Waals surface area contributed by atoms with Crippen LogP contribution in [0.3, 0.4) is 0 Å². The molecule has 6 aromatic rings. The van der Waals surface area contributed by atoms with Crippen molar-refractivity contribution in [3.8, 4) is 39.0 Å². The van der Waals surface area contributed by atoms with Crippen molar-refractivity contribution in [3.05, 3.63) is 102 Å². The lowest BCUT2D eigenvalue weighted by Crippen LogP contribution is -2.20. The van der Waals surface area contributed by atoms with Crippen LogP contribution in [0.25, 0.3) is 50.4 Å². The fraction of sp³-hybridized carbons (Fsp3) is 0.362. The molecule has 0 aromatic carbocycles. The summed E-state index contributed by atoms with van der Waals surface area (Å²) in [5, 5.41) is 8.58. The highest BCUT2D eigenvalue weighted by molar-refractivity contribution is 7.27. The van der Waals surface area contributed by atoms with Gasteiger partial charge in [-0.15, -0.1) is 68.0 Å². The van der Waals surface area contributed by atoms with Gasteiger partial charge in [0.2, 0.25) is 0 Å². The summed E-state index contributed by atoms with van der Waals surface area (Å²) < 4.78 is 0. The lowest BCUT2D eigenvalue weighted by atomic mass is 10.0. The van der Waals surface area contributed by atoms with E-state index in [-0.39, 0.29) is 11.8 Å². The topological polar surface area (TPSA) is 58.2 Å². The van der Waals surface area contributed by atoms with Crippen molar-refractivity contribution in [3.63, 3.8) is 0 Å². The Labute approximate surface area is 361 Å². The summed E-state index contributed by atoms with van der Waals surface area (Å²) in [6.45, 7) is 11.2. The number of fused-ring (bicyclic) bond motifs is 1. The van der Waals surface area contributed by atoms with Crippen molar-refractivity contribution in [2.24, 2.45) is 0 Å². The molecule has 10 heteroatoms. The number of rotatable bonds is 18. The van der Waals surface area contributed by atoms with Crippen molar-refractivity contribution in [2.75, 3.05) is 0 Å². The van der Waals surface area contributed by atoms with Crippen LogP contribution >= 0.6 is 68.0 Å². The standard InChI is InChI=1S/C47H50N2O2S6/c1-6-10-14-28-22-23-52-42(28)32-18-19-34(54-32)44-30(16-12-8-3)25-36(56-44)40-38-39(47(51)48-40)41(49-46(38)50)37-26-31(17-13-9-4)45(57-37)35-21-20-33(55-35)43-29(15-11-7-2)24-27(5)53-43/h18-26H,6-17H2,1-5H3,(H,48,51)(H,49,50). The average Bonchev–Trinajstić information content (AvgIpc) is 4.06. The molecule has 0 bridgehead atoms. The Morgan fingerprint density at radius 1 is 0.456 bits per heavy atom. The van der Waals surface area contributed by atoms with E-state index in [0.717, 1.165) is 61.1 Å². The molecule has 0 saturated heterocycles. The Kier molecular flexibility index (Phi) is 12.7. The zero-order chi connectivity index (χ0) is 39.6. The Bertz CT molecular complexity index is 2490. The molecule has 0 fully saturated rings. The molecule has 0 aliphatic carbocycles. The number of thiophene rings is 6. The van der Waals surface area contributed by atoms with Gasteiger partial charge in [0.15, 0.2) is 0 Å². The van der Waals surface area contributed by atoms with E-state index in [1.54, 1.807) is 22.7 Å². The number of nitrogens with one attached hydrogen (secondary N) is 2. The summed E-state index contributed by atoms with van der Waals surface area (Å²) >= 11 is 10.9. The zero-order valence-electron chi connectivity index (χ0n) is 33.4. The van der Waals surface area contributed by atoms with Crippen molar-refractivity contribution in [2.45, 2.75) is 112 Å². The maximum absolute atomic E-state index is 14.0. The highest BCUT2D eigenvalue weighted by Gasteiger charge is 2.42. The highest BCUT2D eigenvalue weighted by atomic mass is 32.1. The number of carbonyl (C=O) groups is 2. The molecule has 6 aromatic heterocycles. The largest absolute Gasteiger partial charge is 0.320 e. The van der Waals surface area contributed by atoms with E-state index in [4.69, 9.17) is 0 Å². The molecule has 8 heterocycles. The van der Waals surface area contributed by atoms with E-state index in [2.05, 4.69) is 99.2 Å².